The van der Waals surface area contributed by atoms with Crippen LogP contribution in [0.1, 0.15) is 16.7 Å². The van der Waals surface area contributed by atoms with E-state index < -0.39 is 5.82 Å². The van der Waals surface area contributed by atoms with Crippen LogP contribution < -0.4 is 0 Å². The van der Waals surface area contributed by atoms with Crippen LogP contribution in [0.5, 0.6) is 0 Å². The fourth-order valence-electron chi connectivity index (χ4n) is 2.07. The summed E-state index contributed by atoms with van der Waals surface area (Å²) in [6, 6.07) is 14.7. The average Bonchev–Trinajstić information content (AvgIpc) is 2.41. The second-order valence-electron chi connectivity index (χ2n) is 4.73. The van der Waals surface area contributed by atoms with Gasteiger partial charge in [-0.15, -0.1) is 0 Å². The van der Waals surface area contributed by atoms with E-state index in [0.29, 0.717) is 6.54 Å². The van der Waals surface area contributed by atoms with Gasteiger partial charge in [0.2, 0.25) is 0 Å². The van der Waals surface area contributed by atoms with Gasteiger partial charge in [-0.25, -0.2) is 4.39 Å². The third kappa shape index (κ3) is 3.89. The Balaban J connectivity index is 2.05. The number of rotatable bonds is 4. The maximum Gasteiger partial charge on any atom is 0.140 e. The van der Waals surface area contributed by atoms with Crippen molar-refractivity contribution in [2.24, 2.45) is 0 Å². The van der Waals surface area contributed by atoms with E-state index in [0.717, 1.165) is 16.6 Å². The van der Waals surface area contributed by atoms with Gasteiger partial charge in [-0.05, 0) is 42.4 Å². The Morgan fingerprint density at radius 1 is 1.15 bits per heavy atom. The molecule has 0 aliphatic heterocycles. The molecule has 2 aromatic rings. The van der Waals surface area contributed by atoms with E-state index in [2.05, 4.69) is 33.0 Å². The monoisotopic (exact) mass is 332 g/mol. The smallest absolute Gasteiger partial charge is 0.140 e. The van der Waals surface area contributed by atoms with Crippen molar-refractivity contribution in [3.05, 3.63) is 69.4 Å². The molecule has 0 aliphatic rings. The van der Waals surface area contributed by atoms with Crippen LogP contribution in [-0.4, -0.2) is 11.9 Å². The molecule has 0 unspecified atom stereocenters. The molecule has 0 amide bonds. The third-order valence-corrected chi connectivity index (χ3v) is 3.44. The molecule has 0 heterocycles. The Bertz CT molecular complexity index is 649. The van der Waals surface area contributed by atoms with Crippen molar-refractivity contribution >= 4 is 15.9 Å². The van der Waals surface area contributed by atoms with E-state index in [9.17, 15) is 4.39 Å². The van der Waals surface area contributed by atoms with Crippen molar-refractivity contribution in [3.63, 3.8) is 0 Å². The summed E-state index contributed by atoms with van der Waals surface area (Å²) in [5.74, 6) is -0.467. The van der Waals surface area contributed by atoms with Gasteiger partial charge in [-0.2, -0.15) is 5.26 Å². The number of hydrogen-bond donors (Lipinski definition) is 0. The predicted molar refractivity (Wildman–Crippen MR) is 80.4 cm³/mol. The summed E-state index contributed by atoms with van der Waals surface area (Å²) in [5.41, 5.74) is 2.23. The summed E-state index contributed by atoms with van der Waals surface area (Å²) in [5, 5.41) is 8.83. The van der Waals surface area contributed by atoms with Crippen molar-refractivity contribution in [2.45, 2.75) is 13.1 Å². The van der Waals surface area contributed by atoms with E-state index in [1.807, 2.05) is 25.2 Å². The standard InChI is InChI=1S/C16H14BrFN2/c1-20(10-12-3-2-4-15(17)8-12)11-13-5-6-16(18)14(7-13)9-19/h2-8H,10-11H2,1H3. The van der Waals surface area contributed by atoms with Gasteiger partial charge in [0.1, 0.15) is 11.9 Å². The molecule has 0 aliphatic carbocycles. The van der Waals surface area contributed by atoms with Crippen molar-refractivity contribution < 1.29 is 4.39 Å². The molecule has 0 saturated carbocycles. The lowest BCUT2D eigenvalue weighted by atomic mass is 10.1. The lowest BCUT2D eigenvalue weighted by molar-refractivity contribution is 0.319. The Hall–Kier alpha value is -1.70. The highest BCUT2D eigenvalue weighted by Crippen LogP contribution is 2.15. The van der Waals surface area contributed by atoms with Gasteiger partial charge < -0.3 is 0 Å². The molecule has 2 rings (SSSR count). The molecular weight excluding hydrogens is 319 g/mol. The first-order chi connectivity index (χ1) is 9.58. The average molecular weight is 333 g/mol. The van der Waals surface area contributed by atoms with Crippen molar-refractivity contribution in [1.82, 2.24) is 4.90 Å². The minimum atomic E-state index is -0.467. The molecule has 102 valence electrons. The molecule has 0 atom stereocenters. The Morgan fingerprint density at radius 3 is 2.50 bits per heavy atom. The first-order valence-electron chi connectivity index (χ1n) is 6.20. The van der Waals surface area contributed by atoms with Crippen molar-refractivity contribution in [3.8, 4) is 6.07 Å². The number of benzene rings is 2. The fourth-order valence-corrected chi connectivity index (χ4v) is 2.52. The summed E-state index contributed by atoms with van der Waals surface area (Å²) in [6.07, 6.45) is 0. The van der Waals surface area contributed by atoms with Crippen LogP contribution >= 0.6 is 15.9 Å². The minimum Gasteiger partial charge on any atom is -0.298 e. The SMILES string of the molecule is CN(Cc1cccc(Br)c1)Cc1ccc(F)c(C#N)c1. The minimum absolute atomic E-state index is 0.0957. The van der Waals surface area contributed by atoms with Gasteiger partial charge in [-0.3, -0.25) is 4.90 Å². The summed E-state index contributed by atoms with van der Waals surface area (Å²) >= 11 is 3.45. The number of nitrogens with zero attached hydrogens (tertiary/aromatic N) is 2. The van der Waals surface area contributed by atoms with Crippen LogP contribution in [0.2, 0.25) is 0 Å². The first-order valence-corrected chi connectivity index (χ1v) is 6.99. The molecule has 2 aromatic carbocycles. The van der Waals surface area contributed by atoms with E-state index in [1.165, 1.54) is 11.6 Å². The van der Waals surface area contributed by atoms with Crippen LogP contribution in [0.15, 0.2) is 46.9 Å². The third-order valence-electron chi connectivity index (χ3n) is 2.95. The van der Waals surface area contributed by atoms with Gasteiger partial charge in [-0.1, -0.05) is 34.1 Å². The quantitative estimate of drug-likeness (QED) is 0.843. The molecule has 0 saturated heterocycles. The highest BCUT2D eigenvalue weighted by atomic mass is 79.9. The first kappa shape index (κ1) is 14.7. The van der Waals surface area contributed by atoms with E-state index >= 15 is 0 Å². The van der Waals surface area contributed by atoms with Crippen LogP contribution in [0.3, 0.4) is 0 Å². The predicted octanol–water partition coefficient (Wildman–Crippen LogP) is 4.09. The Labute approximate surface area is 126 Å². The molecule has 4 heteroatoms. The molecule has 0 spiro atoms. The number of halogens is 2. The van der Waals surface area contributed by atoms with Gasteiger partial charge in [0, 0.05) is 17.6 Å². The van der Waals surface area contributed by atoms with Crippen molar-refractivity contribution in [1.29, 1.82) is 5.26 Å². The van der Waals surface area contributed by atoms with Gasteiger partial charge in [0.05, 0.1) is 5.56 Å². The molecule has 0 fully saturated rings. The number of hydrogen-bond acceptors (Lipinski definition) is 2. The lowest BCUT2D eigenvalue weighted by Crippen LogP contribution is -2.17. The normalized spacial score (nSPS) is 10.6. The zero-order valence-electron chi connectivity index (χ0n) is 11.1. The zero-order chi connectivity index (χ0) is 14.5. The fraction of sp³-hybridized carbons (Fsp3) is 0.188. The largest absolute Gasteiger partial charge is 0.298 e. The second kappa shape index (κ2) is 6.65. The summed E-state index contributed by atoms with van der Waals surface area (Å²) in [4.78, 5) is 2.12. The summed E-state index contributed by atoms with van der Waals surface area (Å²) in [6.45, 7) is 1.46. The lowest BCUT2D eigenvalue weighted by Gasteiger charge is -2.17. The van der Waals surface area contributed by atoms with E-state index in [1.54, 1.807) is 12.1 Å². The maximum absolute atomic E-state index is 13.3. The number of nitriles is 1. The molecule has 2 nitrogen and oxygen atoms in total. The molecule has 20 heavy (non-hydrogen) atoms. The Morgan fingerprint density at radius 2 is 1.85 bits per heavy atom. The molecular formula is C16H14BrFN2. The highest BCUT2D eigenvalue weighted by Gasteiger charge is 2.06. The maximum atomic E-state index is 13.3. The van der Waals surface area contributed by atoms with Gasteiger partial charge >= 0.3 is 0 Å². The molecule has 0 bridgehead atoms. The van der Waals surface area contributed by atoms with Crippen LogP contribution in [0.4, 0.5) is 4.39 Å². The van der Waals surface area contributed by atoms with E-state index in [-0.39, 0.29) is 5.56 Å². The molecule has 0 aromatic heterocycles. The van der Waals surface area contributed by atoms with Crippen LogP contribution in [-0.2, 0) is 13.1 Å². The topological polar surface area (TPSA) is 27.0 Å². The van der Waals surface area contributed by atoms with Crippen LogP contribution in [0.25, 0.3) is 0 Å². The second-order valence-corrected chi connectivity index (χ2v) is 5.64. The zero-order valence-corrected chi connectivity index (χ0v) is 12.7. The van der Waals surface area contributed by atoms with Crippen LogP contribution in [0, 0.1) is 17.1 Å². The van der Waals surface area contributed by atoms with Gasteiger partial charge in [0.25, 0.3) is 0 Å². The van der Waals surface area contributed by atoms with Crippen molar-refractivity contribution in [2.75, 3.05) is 7.05 Å². The summed E-state index contributed by atoms with van der Waals surface area (Å²) in [7, 11) is 2.00. The molecule has 0 N–H and O–H groups in total. The Kier molecular flexibility index (Phi) is 4.89. The summed E-state index contributed by atoms with van der Waals surface area (Å²) < 4.78 is 14.3. The highest BCUT2D eigenvalue weighted by molar-refractivity contribution is 9.10. The van der Waals surface area contributed by atoms with E-state index in [4.69, 9.17) is 5.26 Å². The molecule has 0 radical (unpaired) electrons. The van der Waals surface area contributed by atoms with Gasteiger partial charge in [0.15, 0.2) is 0 Å².